The fourth-order valence-electron chi connectivity index (χ4n) is 2.75. The Balaban J connectivity index is 1.71. The minimum Gasteiger partial charge on any atom is -0.488 e. The van der Waals surface area contributed by atoms with Gasteiger partial charge in [0.05, 0.1) is 9.38 Å². The Hall–Kier alpha value is -2.05. The number of hydrogen-bond donors (Lipinski definition) is 0. The SMILES string of the molecule is CCCN1C(=O)S/C(=C/c2ccc(OCc3cccc(C)c3)c(Br)c2)C1=O. The molecular formula is C21H20BrNO3S. The zero-order valence-electron chi connectivity index (χ0n) is 15.2. The quantitative estimate of drug-likeness (QED) is 0.528. The van der Waals surface area contributed by atoms with E-state index >= 15 is 0 Å². The maximum atomic E-state index is 12.3. The molecule has 0 radical (unpaired) electrons. The number of hydrogen-bond acceptors (Lipinski definition) is 4. The molecular weight excluding hydrogens is 426 g/mol. The van der Waals surface area contributed by atoms with Gasteiger partial charge in [0.25, 0.3) is 11.1 Å². The summed E-state index contributed by atoms with van der Waals surface area (Å²) in [6.45, 7) is 4.93. The molecule has 140 valence electrons. The summed E-state index contributed by atoms with van der Waals surface area (Å²) >= 11 is 4.51. The molecule has 0 aromatic heterocycles. The molecule has 0 spiro atoms. The van der Waals surface area contributed by atoms with Crippen LogP contribution in [0.2, 0.25) is 0 Å². The zero-order chi connectivity index (χ0) is 19.4. The second-order valence-corrected chi connectivity index (χ2v) is 8.15. The minimum absolute atomic E-state index is 0.203. The smallest absolute Gasteiger partial charge is 0.293 e. The summed E-state index contributed by atoms with van der Waals surface area (Å²) in [5.41, 5.74) is 3.14. The van der Waals surface area contributed by atoms with Gasteiger partial charge >= 0.3 is 0 Å². The lowest BCUT2D eigenvalue weighted by Gasteiger charge is -2.10. The molecule has 1 aliphatic heterocycles. The third-order valence-corrected chi connectivity index (χ3v) is 5.58. The van der Waals surface area contributed by atoms with Crippen molar-refractivity contribution in [3.63, 3.8) is 0 Å². The van der Waals surface area contributed by atoms with Gasteiger partial charge in [-0.25, -0.2) is 0 Å². The zero-order valence-corrected chi connectivity index (χ0v) is 17.6. The second-order valence-electron chi connectivity index (χ2n) is 6.30. The second kappa shape index (κ2) is 8.76. The van der Waals surface area contributed by atoms with Crippen LogP contribution in [0.1, 0.15) is 30.0 Å². The molecule has 4 nitrogen and oxygen atoms in total. The Labute approximate surface area is 171 Å². The maximum Gasteiger partial charge on any atom is 0.293 e. The lowest BCUT2D eigenvalue weighted by Crippen LogP contribution is -2.28. The van der Waals surface area contributed by atoms with Gasteiger partial charge in [-0.2, -0.15) is 0 Å². The molecule has 2 amide bonds. The summed E-state index contributed by atoms with van der Waals surface area (Å²) in [6.07, 6.45) is 2.50. The van der Waals surface area contributed by atoms with E-state index in [4.69, 9.17) is 4.74 Å². The summed E-state index contributed by atoms with van der Waals surface area (Å²) in [5.74, 6) is 0.510. The summed E-state index contributed by atoms with van der Waals surface area (Å²) < 4.78 is 6.69. The molecule has 2 aromatic rings. The van der Waals surface area contributed by atoms with Crippen LogP contribution in [0.3, 0.4) is 0 Å². The molecule has 1 fully saturated rings. The van der Waals surface area contributed by atoms with E-state index < -0.39 is 0 Å². The predicted molar refractivity (Wildman–Crippen MR) is 113 cm³/mol. The summed E-state index contributed by atoms with van der Waals surface area (Å²) in [6, 6.07) is 13.8. The number of imide groups is 1. The van der Waals surface area contributed by atoms with Crippen molar-refractivity contribution in [2.45, 2.75) is 26.9 Å². The number of amides is 2. The molecule has 0 bridgehead atoms. The van der Waals surface area contributed by atoms with Crippen LogP contribution in [0.5, 0.6) is 5.75 Å². The number of nitrogens with zero attached hydrogens (tertiary/aromatic N) is 1. The van der Waals surface area contributed by atoms with Gasteiger partial charge in [-0.15, -0.1) is 0 Å². The molecule has 0 saturated carbocycles. The van der Waals surface area contributed by atoms with Crippen LogP contribution in [-0.2, 0) is 11.4 Å². The predicted octanol–water partition coefficient (Wildman–Crippen LogP) is 5.78. The number of benzene rings is 2. The van der Waals surface area contributed by atoms with Gasteiger partial charge in [-0.3, -0.25) is 14.5 Å². The van der Waals surface area contributed by atoms with Crippen LogP contribution in [0.15, 0.2) is 51.8 Å². The first-order valence-corrected chi connectivity index (χ1v) is 10.3. The minimum atomic E-state index is -0.220. The number of carbonyl (C=O) groups is 2. The topological polar surface area (TPSA) is 46.6 Å². The number of thioether (sulfide) groups is 1. The first-order chi connectivity index (χ1) is 13.0. The average molecular weight is 446 g/mol. The van der Waals surface area contributed by atoms with Gasteiger partial charge in [0.1, 0.15) is 12.4 Å². The molecule has 2 aromatic carbocycles. The number of carbonyl (C=O) groups excluding carboxylic acids is 2. The van der Waals surface area contributed by atoms with E-state index in [0.717, 1.165) is 39.5 Å². The number of rotatable bonds is 6. The summed E-state index contributed by atoms with van der Waals surface area (Å²) in [5, 5.41) is -0.203. The number of ether oxygens (including phenoxy) is 1. The van der Waals surface area contributed by atoms with E-state index in [0.29, 0.717) is 18.1 Å². The standard InChI is InChI=1S/C21H20BrNO3S/c1-3-9-23-20(24)19(27-21(23)25)12-15-7-8-18(17(22)11-15)26-13-16-6-4-5-14(2)10-16/h4-8,10-12H,3,9,13H2,1-2H3/b19-12+. The highest BCUT2D eigenvalue weighted by Gasteiger charge is 2.34. The van der Waals surface area contributed by atoms with E-state index in [1.165, 1.54) is 10.5 Å². The van der Waals surface area contributed by atoms with Crippen molar-refractivity contribution in [3.8, 4) is 5.75 Å². The highest BCUT2D eigenvalue weighted by atomic mass is 79.9. The van der Waals surface area contributed by atoms with Crippen LogP contribution in [0.25, 0.3) is 6.08 Å². The van der Waals surface area contributed by atoms with E-state index in [1.807, 2.05) is 37.3 Å². The summed E-state index contributed by atoms with van der Waals surface area (Å²) in [4.78, 5) is 26.0. The van der Waals surface area contributed by atoms with Crippen molar-refractivity contribution >= 4 is 44.9 Å². The van der Waals surface area contributed by atoms with E-state index in [2.05, 4.69) is 35.0 Å². The number of halogens is 1. The van der Waals surface area contributed by atoms with Gasteiger partial charge in [-0.1, -0.05) is 42.8 Å². The molecule has 27 heavy (non-hydrogen) atoms. The Morgan fingerprint density at radius 1 is 1.19 bits per heavy atom. The van der Waals surface area contributed by atoms with Crippen molar-refractivity contribution in [2.75, 3.05) is 6.54 Å². The molecule has 1 heterocycles. The molecule has 0 aliphatic carbocycles. The Kier molecular flexibility index (Phi) is 6.39. The lowest BCUT2D eigenvalue weighted by atomic mass is 10.1. The first-order valence-electron chi connectivity index (χ1n) is 8.71. The largest absolute Gasteiger partial charge is 0.488 e. The van der Waals surface area contributed by atoms with Crippen molar-refractivity contribution in [1.82, 2.24) is 4.90 Å². The Morgan fingerprint density at radius 2 is 2.00 bits per heavy atom. The number of aryl methyl sites for hydroxylation is 1. The van der Waals surface area contributed by atoms with Gasteiger partial charge in [0, 0.05) is 6.54 Å². The molecule has 0 atom stereocenters. The normalized spacial score (nSPS) is 15.7. The third kappa shape index (κ3) is 4.82. The highest BCUT2D eigenvalue weighted by molar-refractivity contribution is 9.10. The summed E-state index contributed by atoms with van der Waals surface area (Å²) in [7, 11) is 0. The Morgan fingerprint density at radius 3 is 2.70 bits per heavy atom. The molecule has 0 unspecified atom stereocenters. The average Bonchev–Trinajstić information content (AvgIpc) is 2.89. The fourth-order valence-corrected chi connectivity index (χ4v) is 4.13. The van der Waals surface area contributed by atoms with Crippen LogP contribution in [0.4, 0.5) is 4.79 Å². The lowest BCUT2D eigenvalue weighted by molar-refractivity contribution is -0.122. The molecule has 6 heteroatoms. The Bertz CT molecular complexity index is 910. The van der Waals surface area contributed by atoms with Crippen molar-refractivity contribution in [2.24, 2.45) is 0 Å². The van der Waals surface area contributed by atoms with E-state index in [9.17, 15) is 9.59 Å². The van der Waals surface area contributed by atoms with Crippen molar-refractivity contribution in [3.05, 3.63) is 68.5 Å². The van der Waals surface area contributed by atoms with E-state index in [1.54, 1.807) is 6.08 Å². The maximum absolute atomic E-state index is 12.3. The van der Waals surface area contributed by atoms with Gasteiger partial charge in [-0.05, 0) is 70.4 Å². The van der Waals surface area contributed by atoms with Crippen LogP contribution < -0.4 is 4.74 Å². The first kappa shape index (κ1) is 19.7. The van der Waals surface area contributed by atoms with Crippen LogP contribution in [0, 0.1) is 6.92 Å². The molecule has 1 aliphatic rings. The fraction of sp³-hybridized carbons (Fsp3) is 0.238. The highest BCUT2D eigenvalue weighted by Crippen LogP contribution is 2.34. The van der Waals surface area contributed by atoms with Crippen LogP contribution >= 0.6 is 27.7 Å². The monoisotopic (exact) mass is 445 g/mol. The third-order valence-electron chi connectivity index (χ3n) is 4.05. The van der Waals surface area contributed by atoms with Crippen molar-refractivity contribution in [1.29, 1.82) is 0 Å². The van der Waals surface area contributed by atoms with E-state index in [-0.39, 0.29) is 11.1 Å². The van der Waals surface area contributed by atoms with Crippen LogP contribution in [-0.4, -0.2) is 22.6 Å². The van der Waals surface area contributed by atoms with Gasteiger partial charge in [0.2, 0.25) is 0 Å². The molecule has 0 N–H and O–H groups in total. The molecule has 1 saturated heterocycles. The molecule has 3 rings (SSSR count). The van der Waals surface area contributed by atoms with Crippen molar-refractivity contribution < 1.29 is 14.3 Å². The van der Waals surface area contributed by atoms with Gasteiger partial charge in [0.15, 0.2) is 0 Å². The van der Waals surface area contributed by atoms with Gasteiger partial charge < -0.3 is 4.74 Å².